The molecular weight excluding hydrogens is 192 g/mol. The average molecular weight is 230 g/mol. The van der Waals surface area contributed by atoms with E-state index in [0.717, 1.165) is 11.8 Å². The highest BCUT2D eigenvalue weighted by Crippen LogP contribution is 2.23. The van der Waals surface area contributed by atoms with Crippen LogP contribution in [0.2, 0.25) is 0 Å². The summed E-state index contributed by atoms with van der Waals surface area (Å²) in [7, 11) is 0. The van der Waals surface area contributed by atoms with Crippen molar-refractivity contribution in [3.63, 3.8) is 0 Å². The number of unbranched alkanes of at least 4 members (excludes halogenated alkanes) is 2. The number of hydrogen-bond acceptors (Lipinski definition) is 0. The van der Waals surface area contributed by atoms with Gasteiger partial charge >= 0.3 is 0 Å². The molecule has 0 spiro atoms. The van der Waals surface area contributed by atoms with Crippen molar-refractivity contribution in [3.8, 4) is 0 Å². The largest absolute Gasteiger partial charge is 0.0683 e. The molecule has 0 saturated heterocycles. The Labute approximate surface area is 106 Å². The van der Waals surface area contributed by atoms with E-state index in [2.05, 4.69) is 27.7 Å². The van der Waals surface area contributed by atoms with Crippen LogP contribution >= 0.6 is 0 Å². The summed E-state index contributed by atoms with van der Waals surface area (Å²) in [4.78, 5) is 0. The first-order valence-electron chi connectivity index (χ1n) is 7.72. The summed E-state index contributed by atoms with van der Waals surface area (Å²) in [6.07, 6.45) is 8.46. The van der Waals surface area contributed by atoms with Gasteiger partial charge in [0.2, 0.25) is 0 Å². The molecule has 0 amide bonds. The summed E-state index contributed by atoms with van der Waals surface area (Å²) in [6.45, 7) is 17.3. The van der Waals surface area contributed by atoms with E-state index in [0.29, 0.717) is 0 Å². The molecule has 0 fully saturated rings. The average Bonchev–Trinajstić information content (AvgIpc) is 2.34. The standard InChI is InChI=1S/C12H26.2C2H6/c1-5-7-9-12(11(3)4)10-8-6-2;2*1-2/h11-12H,5-10H2,1-4H3;2*1-2H3. The van der Waals surface area contributed by atoms with Gasteiger partial charge in [-0.05, 0) is 11.8 Å². The summed E-state index contributed by atoms with van der Waals surface area (Å²) >= 11 is 0. The van der Waals surface area contributed by atoms with Gasteiger partial charge < -0.3 is 0 Å². The van der Waals surface area contributed by atoms with Crippen LogP contribution in [-0.2, 0) is 0 Å². The Morgan fingerprint density at radius 2 is 1.00 bits per heavy atom. The Hall–Kier alpha value is 0. The van der Waals surface area contributed by atoms with Gasteiger partial charge in [0.15, 0.2) is 0 Å². The van der Waals surface area contributed by atoms with Gasteiger partial charge in [0, 0.05) is 0 Å². The minimum absolute atomic E-state index is 0.892. The second-order valence-electron chi connectivity index (χ2n) is 4.29. The maximum atomic E-state index is 2.37. The molecule has 0 aromatic carbocycles. The van der Waals surface area contributed by atoms with E-state index in [4.69, 9.17) is 0 Å². The molecule has 0 N–H and O–H groups in total. The van der Waals surface area contributed by atoms with Gasteiger partial charge in [-0.25, -0.2) is 0 Å². The lowest BCUT2D eigenvalue weighted by atomic mass is 9.86. The molecule has 0 atom stereocenters. The zero-order valence-corrected chi connectivity index (χ0v) is 13.4. The summed E-state index contributed by atoms with van der Waals surface area (Å²) < 4.78 is 0. The normalized spacial score (nSPS) is 9.38. The third-order valence-electron chi connectivity index (χ3n) is 2.80. The van der Waals surface area contributed by atoms with Crippen LogP contribution in [0.3, 0.4) is 0 Å². The van der Waals surface area contributed by atoms with E-state index in [9.17, 15) is 0 Å². The van der Waals surface area contributed by atoms with Crippen LogP contribution in [0.25, 0.3) is 0 Å². The molecule has 102 valence electrons. The monoisotopic (exact) mass is 230 g/mol. The van der Waals surface area contributed by atoms with E-state index >= 15 is 0 Å². The predicted octanol–water partition coefficient (Wildman–Crippen LogP) is 6.69. The Bertz CT molecular complexity index is 76.0. The second-order valence-corrected chi connectivity index (χ2v) is 4.29. The number of rotatable bonds is 7. The van der Waals surface area contributed by atoms with Crippen molar-refractivity contribution in [2.45, 2.75) is 93.9 Å². The Morgan fingerprint density at radius 3 is 1.19 bits per heavy atom. The first kappa shape index (κ1) is 21.3. The summed E-state index contributed by atoms with van der Waals surface area (Å²) in [5.41, 5.74) is 0. The molecule has 0 radical (unpaired) electrons. The predicted molar refractivity (Wildman–Crippen MR) is 80.1 cm³/mol. The van der Waals surface area contributed by atoms with Crippen molar-refractivity contribution < 1.29 is 0 Å². The molecule has 0 unspecified atom stereocenters. The van der Waals surface area contributed by atoms with Crippen molar-refractivity contribution in [1.82, 2.24) is 0 Å². The second kappa shape index (κ2) is 20.4. The maximum absolute atomic E-state index is 2.37. The van der Waals surface area contributed by atoms with Crippen molar-refractivity contribution >= 4 is 0 Å². The third kappa shape index (κ3) is 16.4. The Balaban J connectivity index is -0.000000376. The van der Waals surface area contributed by atoms with Crippen molar-refractivity contribution in [3.05, 3.63) is 0 Å². The highest BCUT2D eigenvalue weighted by Gasteiger charge is 2.11. The van der Waals surface area contributed by atoms with E-state index < -0.39 is 0 Å². The number of hydrogen-bond donors (Lipinski definition) is 0. The zero-order chi connectivity index (χ0) is 13.4. The minimum Gasteiger partial charge on any atom is -0.0683 e. The third-order valence-corrected chi connectivity index (χ3v) is 2.80. The highest BCUT2D eigenvalue weighted by molar-refractivity contribution is 4.62. The molecule has 0 aliphatic carbocycles. The molecule has 0 saturated carbocycles. The van der Waals surface area contributed by atoms with E-state index in [1.54, 1.807) is 0 Å². The summed E-state index contributed by atoms with van der Waals surface area (Å²) in [6, 6.07) is 0. The van der Waals surface area contributed by atoms with Gasteiger partial charge in [-0.2, -0.15) is 0 Å². The smallest absolute Gasteiger partial charge is 0.0391 e. The molecule has 0 rings (SSSR count). The molecule has 0 aliphatic heterocycles. The molecule has 0 nitrogen and oxygen atoms in total. The van der Waals surface area contributed by atoms with E-state index in [1.807, 2.05) is 27.7 Å². The van der Waals surface area contributed by atoms with Crippen LogP contribution in [0, 0.1) is 11.8 Å². The highest BCUT2D eigenvalue weighted by atomic mass is 14.2. The topological polar surface area (TPSA) is 0 Å². The van der Waals surface area contributed by atoms with Gasteiger partial charge in [0.05, 0.1) is 0 Å². The molecule has 0 aromatic heterocycles. The van der Waals surface area contributed by atoms with E-state index in [-0.39, 0.29) is 0 Å². The van der Waals surface area contributed by atoms with Crippen LogP contribution in [0.5, 0.6) is 0 Å². The van der Waals surface area contributed by atoms with Gasteiger partial charge in [-0.1, -0.05) is 93.9 Å². The lowest BCUT2D eigenvalue weighted by molar-refractivity contribution is 0.320. The first-order valence-corrected chi connectivity index (χ1v) is 7.72. The van der Waals surface area contributed by atoms with Crippen molar-refractivity contribution in [1.29, 1.82) is 0 Å². The van der Waals surface area contributed by atoms with Crippen LogP contribution in [0.1, 0.15) is 93.9 Å². The lowest BCUT2D eigenvalue weighted by Gasteiger charge is -2.20. The summed E-state index contributed by atoms with van der Waals surface area (Å²) in [5, 5.41) is 0. The fourth-order valence-electron chi connectivity index (χ4n) is 1.74. The molecule has 0 bridgehead atoms. The fraction of sp³-hybridized carbons (Fsp3) is 1.00. The van der Waals surface area contributed by atoms with E-state index in [1.165, 1.54) is 38.5 Å². The fourth-order valence-corrected chi connectivity index (χ4v) is 1.74. The van der Waals surface area contributed by atoms with Crippen LogP contribution in [0.4, 0.5) is 0 Å². The zero-order valence-electron chi connectivity index (χ0n) is 13.4. The quantitative estimate of drug-likeness (QED) is 0.457. The molecule has 0 heteroatoms. The molecule has 0 heterocycles. The van der Waals surface area contributed by atoms with Gasteiger partial charge in [0.1, 0.15) is 0 Å². The SMILES string of the molecule is CC.CC.CCCCC(CCCC)C(C)C. The summed E-state index contributed by atoms with van der Waals surface area (Å²) in [5.74, 6) is 1.88. The van der Waals surface area contributed by atoms with Crippen LogP contribution < -0.4 is 0 Å². The Morgan fingerprint density at radius 1 is 0.688 bits per heavy atom. The molecule has 0 aromatic rings. The maximum Gasteiger partial charge on any atom is -0.0391 e. The van der Waals surface area contributed by atoms with Gasteiger partial charge in [0.25, 0.3) is 0 Å². The van der Waals surface area contributed by atoms with Crippen molar-refractivity contribution in [2.75, 3.05) is 0 Å². The van der Waals surface area contributed by atoms with Gasteiger partial charge in [-0.3, -0.25) is 0 Å². The van der Waals surface area contributed by atoms with Crippen LogP contribution in [-0.4, -0.2) is 0 Å². The Kier molecular flexibility index (Phi) is 27.2. The first-order chi connectivity index (χ1) is 7.72. The molecule has 0 aliphatic rings. The lowest BCUT2D eigenvalue weighted by Crippen LogP contribution is -2.08. The van der Waals surface area contributed by atoms with Gasteiger partial charge in [-0.15, -0.1) is 0 Å². The van der Waals surface area contributed by atoms with Crippen LogP contribution in [0.15, 0.2) is 0 Å². The van der Waals surface area contributed by atoms with Crippen molar-refractivity contribution in [2.24, 2.45) is 11.8 Å². The molecule has 16 heavy (non-hydrogen) atoms. The molecular formula is C16H38. The minimum atomic E-state index is 0.892.